The summed E-state index contributed by atoms with van der Waals surface area (Å²) in [6.07, 6.45) is -5.35. The van der Waals surface area contributed by atoms with Gasteiger partial charge >= 0.3 is 12.0 Å². The molecule has 0 spiro atoms. The molecule has 0 N–H and O–H groups in total. The van der Waals surface area contributed by atoms with Crippen LogP contribution >= 0.6 is 0 Å². The summed E-state index contributed by atoms with van der Waals surface area (Å²) in [7, 11) is 0. The van der Waals surface area contributed by atoms with Crippen molar-refractivity contribution in [1.82, 2.24) is 0 Å². The second-order valence-electron chi connectivity index (χ2n) is 3.87. The molecule has 1 rings (SSSR count). The van der Waals surface area contributed by atoms with Gasteiger partial charge in [0.05, 0.1) is 13.1 Å². The van der Waals surface area contributed by atoms with Crippen LogP contribution in [0.25, 0.3) is 0 Å². The average molecular weight is 308 g/mol. The van der Waals surface area contributed by atoms with Crippen molar-refractivity contribution in [3.05, 3.63) is 24.6 Å². The van der Waals surface area contributed by atoms with E-state index in [4.69, 9.17) is 0 Å². The summed E-state index contributed by atoms with van der Waals surface area (Å²) in [6, 6.07) is 0. The Morgan fingerprint density at radius 1 is 1.45 bits per heavy atom. The van der Waals surface area contributed by atoms with Crippen molar-refractivity contribution < 1.29 is 45.6 Å². The minimum absolute atomic E-state index is 0.468. The topological polar surface area (TPSA) is 36.9 Å². The summed E-state index contributed by atoms with van der Waals surface area (Å²) < 4.78 is 89.1. The first kappa shape index (κ1) is 16.3. The number of hydrogen-bond donors (Lipinski definition) is 0. The maximum atomic E-state index is 14.1. The molecule has 1 aliphatic heterocycles. The van der Waals surface area contributed by atoms with Crippen LogP contribution in [0.5, 0.6) is 0 Å². The zero-order valence-corrected chi connectivity index (χ0v) is 9.94. The molecular weight excluding hydrogens is 298 g/mol. The van der Waals surface area contributed by atoms with Crippen molar-refractivity contribution in [2.45, 2.75) is 24.6 Å². The van der Waals surface area contributed by atoms with Crippen LogP contribution in [0.15, 0.2) is 24.6 Å². The van der Waals surface area contributed by atoms with Gasteiger partial charge in [0.15, 0.2) is 6.61 Å². The van der Waals surface area contributed by atoms with Crippen LogP contribution in [0.1, 0.15) is 12.8 Å². The van der Waals surface area contributed by atoms with Gasteiger partial charge in [0, 0.05) is 10.9 Å². The maximum absolute atomic E-state index is 14.1. The lowest BCUT2D eigenvalue weighted by Gasteiger charge is -2.28. The van der Waals surface area contributed by atoms with E-state index in [-0.39, 0.29) is 0 Å². The average Bonchev–Trinajstić information content (AvgIpc) is 2.65. The Kier molecular flexibility index (Phi) is 5.01. The summed E-state index contributed by atoms with van der Waals surface area (Å²) in [5, 5.41) is 0. The van der Waals surface area contributed by atoms with Crippen LogP contribution in [-0.2, 0) is 19.2 Å². The molecule has 20 heavy (non-hydrogen) atoms. The molecular formula is C10H10F6O4. The van der Waals surface area contributed by atoms with Gasteiger partial charge in [-0.05, 0) is 6.58 Å². The summed E-state index contributed by atoms with van der Waals surface area (Å²) in [5.41, 5.74) is 0. The molecule has 0 saturated carbocycles. The highest BCUT2D eigenvalue weighted by Gasteiger charge is 2.50. The summed E-state index contributed by atoms with van der Waals surface area (Å²) in [5.74, 6) is -8.73. The lowest BCUT2D eigenvalue weighted by Crippen LogP contribution is -2.39. The van der Waals surface area contributed by atoms with E-state index in [9.17, 15) is 26.5 Å². The standard InChI is InChI=1S/C10H10F6O4/c1-6-17-5-10(15,18-6)4-9(14,2-3-11)19-8(20-16)7(12)13/h1-5H2. The van der Waals surface area contributed by atoms with Crippen LogP contribution in [0.4, 0.5) is 26.5 Å². The van der Waals surface area contributed by atoms with Gasteiger partial charge in [-0.1, -0.05) is 0 Å². The van der Waals surface area contributed by atoms with Gasteiger partial charge in [-0.3, -0.25) is 4.39 Å². The van der Waals surface area contributed by atoms with Crippen LogP contribution in [0, 0.1) is 0 Å². The second kappa shape index (κ2) is 6.14. The Hall–Kier alpha value is -1.74. The highest BCUT2D eigenvalue weighted by Crippen LogP contribution is 2.39. The Labute approximate surface area is 109 Å². The van der Waals surface area contributed by atoms with Gasteiger partial charge in [-0.2, -0.15) is 17.6 Å². The largest absolute Gasteiger partial charge is 0.458 e. The first-order chi connectivity index (χ1) is 9.23. The molecule has 4 nitrogen and oxygen atoms in total. The van der Waals surface area contributed by atoms with Crippen molar-refractivity contribution in [1.29, 1.82) is 0 Å². The zero-order chi connectivity index (χ0) is 15.4. The molecule has 10 heteroatoms. The lowest BCUT2D eigenvalue weighted by molar-refractivity contribution is -0.251. The number of alkyl halides is 3. The van der Waals surface area contributed by atoms with Gasteiger partial charge < -0.3 is 14.2 Å². The van der Waals surface area contributed by atoms with E-state index in [1.165, 1.54) is 0 Å². The third kappa shape index (κ3) is 4.14. The zero-order valence-electron chi connectivity index (χ0n) is 9.94. The molecule has 0 radical (unpaired) electrons. The fourth-order valence-corrected chi connectivity index (χ4v) is 1.50. The molecule has 1 fully saturated rings. The Bertz CT molecular complexity index is 399. The van der Waals surface area contributed by atoms with Crippen molar-refractivity contribution in [2.75, 3.05) is 13.3 Å². The summed E-state index contributed by atoms with van der Waals surface area (Å²) in [4.78, 5) is 2.61. The first-order valence-corrected chi connectivity index (χ1v) is 5.21. The van der Waals surface area contributed by atoms with Crippen LogP contribution < -0.4 is 0 Å². The summed E-state index contributed by atoms with van der Waals surface area (Å²) in [6.45, 7) is 0.903. The smallest absolute Gasteiger partial charge is 0.392 e. The van der Waals surface area contributed by atoms with Gasteiger partial charge in [0.1, 0.15) is 0 Å². The number of hydrogen-bond acceptors (Lipinski definition) is 4. The van der Waals surface area contributed by atoms with Crippen LogP contribution in [0.3, 0.4) is 0 Å². The number of ether oxygens (including phenoxy) is 3. The molecule has 0 bridgehead atoms. The fourth-order valence-electron chi connectivity index (χ4n) is 1.50. The Morgan fingerprint density at radius 3 is 2.50 bits per heavy atom. The van der Waals surface area contributed by atoms with Crippen LogP contribution in [0.2, 0.25) is 0 Å². The SMILES string of the molecule is C=C1OCC(F)(CC(F)(CCF)OC(OF)=C(F)F)O1. The van der Waals surface area contributed by atoms with E-state index in [1.807, 2.05) is 0 Å². The summed E-state index contributed by atoms with van der Waals surface area (Å²) >= 11 is 0. The molecule has 0 aromatic carbocycles. The second-order valence-corrected chi connectivity index (χ2v) is 3.87. The van der Waals surface area contributed by atoms with Gasteiger partial charge in [-0.25, -0.2) is 4.94 Å². The molecule has 1 aliphatic rings. The molecule has 0 aromatic rings. The monoisotopic (exact) mass is 308 g/mol. The van der Waals surface area contributed by atoms with E-state index >= 15 is 0 Å². The highest BCUT2D eigenvalue weighted by atomic mass is 19.3. The van der Waals surface area contributed by atoms with E-state index in [0.29, 0.717) is 0 Å². The first-order valence-electron chi connectivity index (χ1n) is 5.21. The molecule has 0 aromatic heterocycles. The third-order valence-electron chi connectivity index (χ3n) is 2.24. The van der Waals surface area contributed by atoms with Crippen molar-refractivity contribution in [3.8, 4) is 0 Å². The molecule has 2 unspecified atom stereocenters. The quantitative estimate of drug-likeness (QED) is 0.532. The van der Waals surface area contributed by atoms with Gasteiger partial charge in [-0.15, -0.1) is 0 Å². The molecule has 1 saturated heterocycles. The molecule has 0 aliphatic carbocycles. The lowest BCUT2D eigenvalue weighted by atomic mass is 10.1. The number of rotatable bonds is 7. The van der Waals surface area contributed by atoms with Crippen molar-refractivity contribution in [3.63, 3.8) is 0 Å². The normalized spacial score (nSPS) is 24.4. The molecule has 2 atom stereocenters. The predicted octanol–water partition coefficient (Wildman–Crippen LogP) is 3.57. The minimum atomic E-state index is -3.33. The fraction of sp³-hybridized carbons (Fsp3) is 0.600. The molecule has 116 valence electrons. The van der Waals surface area contributed by atoms with Crippen molar-refractivity contribution in [2.24, 2.45) is 0 Å². The molecule has 1 heterocycles. The van der Waals surface area contributed by atoms with Gasteiger partial charge in [0.25, 0.3) is 17.7 Å². The van der Waals surface area contributed by atoms with E-state index in [1.54, 1.807) is 0 Å². The highest BCUT2D eigenvalue weighted by molar-refractivity contribution is 4.92. The third-order valence-corrected chi connectivity index (χ3v) is 2.24. The van der Waals surface area contributed by atoms with E-state index in [2.05, 4.69) is 25.7 Å². The number of halogens is 6. The van der Waals surface area contributed by atoms with E-state index < -0.39 is 55.8 Å². The Balaban J connectivity index is 2.86. The predicted molar refractivity (Wildman–Crippen MR) is 51.6 cm³/mol. The van der Waals surface area contributed by atoms with E-state index in [0.717, 1.165) is 0 Å². The Morgan fingerprint density at radius 2 is 2.10 bits per heavy atom. The van der Waals surface area contributed by atoms with Crippen LogP contribution in [-0.4, -0.2) is 25.0 Å². The molecule has 0 amide bonds. The maximum Gasteiger partial charge on any atom is 0.392 e. The van der Waals surface area contributed by atoms with Crippen molar-refractivity contribution >= 4 is 0 Å². The van der Waals surface area contributed by atoms with Gasteiger partial charge in [0.2, 0.25) is 0 Å². The minimum Gasteiger partial charge on any atom is -0.458 e.